The van der Waals surface area contributed by atoms with E-state index < -0.39 is 0 Å². The molecule has 0 amide bonds. The summed E-state index contributed by atoms with van der Waals surface area (Å²) < 4.78 is 0. The Morgan fingerprint density at radius 3 is 2.94 bits per heavy atom. The Morgan fingerprint density at radius 1 is 1.39 bits per heavy atom. The third kappa shape index (κ3) is 2.67. The number of nitrogens with zero attached hydrogens (tertiary/aromatic N) is 3. The third-order valence-corrected chi connectivity index (χ3v) is 2.50. The van der Waals surface area contributed by atoms with Gasteiger partial charge in [-0.2, -0.15) is 10.2 Å². The number of nitrogens with one attached hydrogen (secondary N) is 2. The molecule has 0 saturated carbocycles. The Kier molecular flexibility index (Phi) is 3.60. The van der Waals surface area contributed by atoms with E-state index in [1.807, 2.05) is 6.07 Å². The molecule has 0 aliphatic heterocycles. The van der Waals surface area contributed by atoms with Crippen LogP contribution >= 0.6 is 11.6 Å². The van der Waals surface area contributed by atoms with Crippen LogP contribution < -0.4 is 10.6 Å². The van der Waals surface area contributed by atoms with Gasteiger partial charge in [-0.25, -0.2) is 4.98 Å². The van der Waals surface area contributed by atoms with Crippen molar-refractivity contribution in [2.24, 2.45) is 0 Å². The second-order valence-corrected chi connectivity index (χ2v) is 3.86. The van der Waals surface area contributed by atoms with Crippen molar-refractivity contribution in [3.63, 3.8) is 0 Å². The maximum absolute atomic E-state index is 8.83. The summed E-state index contributed by atoms with van der Waals surface area (Å²) in [5.74, 6) is 0.962. The van der Waals surface area contributed by atoms with E-state index in [0.717, 1.165) is 5.69 Å². The summed E-state index contributed by atoms with van der Waals surface area (Å²) >= 11 is 6.00. The molecule has 0 radical (unpaired) electrons. The summed E-state index contributed by atoms with van der Waals surface area (Å²) in [7, 11) is 1.73. The summed E-state index contributed by atoms with van der Waals surface area (Å²) in [6.45, 7) is 0. The van der Waals surface area contributed by atoms with Crippen LogP contribution in [-0.4, -0.2) is 17.0 Å². The van der Waals surface area contributed by atoms with E-state index >= 15 is 0 Å². The molecule has 90 valence electrons. The molecule has 5 nitrogen and oxygen atoms in total. The normalized spacial score (nSPS) is 9.61. The average Bonchev–Trinajstić information content (AvgIpc) is 2.41. The van der Waals surface area contributed by atoms with Gasteiger partial charge in [0.25, 0.3) is 0 Å². The Morgan fingerprint density at radius 2 is 2.22 bits per heavy atom. The number of halogens is 1. The minimum absolute atomic E-state index is 0.413. The lowest BCUT2D eigenvalue weighted by atomic mass is 10.2. The van der Waals surface area contributed by atoms with Gasteiger partial charge in [0, 0.05) is 12.7 Å². The molecular formula is C12H10ClN5. The summed E-state index contributed by atoms with van der Waals surface area (Å²) in [6, 6.07) is 9.14. The number of rotatable bonds is 3. The predicted molar refractivity (Wildman–Crippen MR) is 71.0 cm³/mol. The zero-order valence-corrected chi connectivity index (χ0v) is 10.4. The lowest BCUT2D eigenvalue weighted by Gasteiger charge is -2.08. The number of nitriles is 1. The first kappa shape index (κ1) is 12.1. The van der Waals surface area contributed by atoms with Gasteiger partial charge in [-0.1, -0.05) is 17.7 Å². The van der Waals surface area contributed by atoms with Crippen molar-refractivity contribution >= 4 is 29.1 Å². The summed E-state index contributed by atoms with van der Waals surface area (Å²) in [6.07, 6.45) is 1.51. The largest absolute Gasteiger partial charge is 0.357 e. The molecule has 1 aromatic carbocycles. The molecule has 0 unspecified atom stereocenters. The van der Waals surface area contributed by atoms with Crippen molar-refractivity contribution in [3.05, 3.63) is 41.0 Å². The Labute approximate surface area is 109 Å². The lowest BCUT2D eigenvalue weighted by Crippen LogP contribution is -2.01. The molecule has 0 bridgehead atoms. The minimum atomic E-state index is 0.413. The summed E-state index contributed by atoms with van der Waals surface area (Å²) in [5.41, 5.74) is 1.32. The van der Waals surface area contributed by atoms with Crippen LogP contribution in [-0.2, 0) is 0 Å². The number of benzene rings is 1. The van der Waals surface area contributed by atoms with Gasteiger partial charge in [-0.05, 0) is 18.2 Å². The average molecular weight is 260 g/mol. The van der Waals surface area contributed by atoms with Crippen molar-refractivity contribution in [2.45, 2.75) is 0 Å². The van der Waals surface area contributed by atoms with Crippen LogP contribution in [0.4, 0.5) is 17.5 Å². The minimum Gasteiger partial charge on any atom is -0.357 e. The first-order valence-electron chi connectivity index (χ1n) is 5.20. The van der Waals surface area contributed by atoms with E-state index in [-0.39, 0.29) is 0 Å². The summed E-state index contributed by atoms with van der Waals surface area (Å²) in [4.78, 5) is 8.18. The highest BCUT2D eigenvalue weighted by Gasteiger charge is 2.05. The molecule has 18 heavy (non-hydrogen) atoms. The van der Waals surface area contributed by atoms with Crippen LogP contribution in [0.25, 0.3) is 0 Å². The van der Waals surface area contributed by atoms with Crippen molar-refractivity contribution in [2.75, 3.05) is 17.7 Å². The van der Waals surface area contributed by atoms with Crippen LogP contribution in [0.3, 0.4) is 0 Å². The van der Waals surface area contributed by atoms with Gasteiger partial charge in [0.2, 0.25) is 5.95 Å². The molecule has 0 saturated heterocycles. The molecule has 2 aromatic rings. The van der Waals surface area contributed by atoms with Gasteiger partial charge >= 0.3 is 0 Å². The highest BCUT2D eigenvalue weighted by Crippen LogP contribution is 2.23. The Bertz CT molecular complexity index is 606. The van der Waals surface area contributed by atoms with Gasteiger partial charge in [-0.15, -0.1) is 0 Å². The van der Waals surface area contributed by atoms with Crippen molar-refractivity contribution in [1.29, 1.82) is 5.26 Å². The van der Waals surface area contributed by atoms with E-state index in [1.165, 1.54) is 6.20 Å². The molecule has 2 N–H and O–H groups in total. The molecule has 1 aromatic heterocycles. The first-order valence-corrected chi connectivity index (χ1v) is 5.58. The molecule has 6 heteroatoms. The monoisotopic (exact) mass is 259 g/mol. The van der Waals surface area contributed by atoms with Gasteiger partial charge in [-0.3, -0.25) is 0 Å². The van der Waals surface area contributed by atoms with E-state index in [9.17, 15) is 0 Å². The molecule has 0 aliphatic carbocycles. The molecular weight excluding hydrogens is 250 g/mol. The molecule has 1 heterocycles. The number of hydrogen-bond acceptors (Lipinski definition) is 5. The predicted octanol–water partition coefficient (Wildman–Crippen LogP) is 2.79. The zero-order valence-electron chi connectivity index (χ0n) is 9.61. The standard InChI is InChI=1S/C12H10ClN5/c1-15-12-16-7-10(13)11(18-12)17-9-4-2-3-8(5-9)6-14/h2-5,7H,1H3,(H2,15,16,17,18). The second-order valence-electron chi connectivity index (χ2n) is 3.46. The number of anilines is 3. The second kappa shape index (κ2) is 5.34. The van der Waals surface area contributed by atoms with Gasteiger partial charge in [0.05, 0.1) is 17.8 Å². The third-order valence-electron chi connectivity index (χ3n) is 2.22. The molecule has 0 spiro atoms. The fourth-order valence-electron chi connectivity index (χ4n) is 1.38. The maximum Gasteiger partial charge on any atom is 0.224 e. The molecule has 0 aliphatic rings. The molecule has 2 rings (SSSR count). The van der Waals surface area contributed by atoms with Crippen molar-refractivity contribution in [3.8, 4) is 6.07 Å². The SMILES string of the molecule is CNc1ncc(Cl)c(Nc2cccc(C#N)c2)n1. The van der Waals surface area contributed by atoms with Crippen LogP contribution in [0.1, 0.15) is 5.56 Å². The molecule has 0 fully saturated rings. The first-order chi connectivity index (χ1) is 8.72. The van der Waals surface area contributed by atoms with E-state index in [2.05, 4.69) is 26.7 Å². The van der Waals surface area contributed by atoms with Crippen LogP contribution in [0.15, 0.2) is 30.5 Å². The lowest BCUT2D eigenvalue weighted by molar-refractivity contribution is 1.15. The Hall–Kier alpha value is -2.32. The van der Waals surface area contributed by atoms with Crippen LogP contribution in [0, 0.1) is 11.3 Å². The number of aromatic nitrogens is 2. The smallest absolute Gasteiger partial charge is 0.224 e. The number of hydrogen-bond donors (Lipinski definition) is 2. The maximum atomic E-state index is 8.83. The van der Waals surface area contributed by atoms with Crippen LogP contribution in [0.5, 0.6) is 0 Å². The van der Waals surface area contributed by atoms with Crippen molar-refractivity contribution in [1.82, 2.24) is 9.97 Å². The van der Waals surface area contributed by atoms with Gasteiger partial charge in [0.15, 0.2) is 5.82 Å². The van der Waals surface area contributed by atoms with Gasteiger partial charge < -0.3 is 10.6 Å². The zero-order chi connectivity index (χ0) is 13.0. The Balaban J connectivity index is 2.30. The van der Waals surface area contributed by atoms with E-state index in [4.69, 9.17) is 16.9 Å². The fraction of sp³-hybridized carbons (Fsp3) is 0.0833. The topological polar surface area (TPSA) is 73.6 Å². The van der Waals surface area contributed by atoms with E-state index in [0.29, 0.717) is 22.4 Å². The van der Waals surface area contributed by atoms with E-state index in [1.54, 1.807) is 25.2 Å². The highest BCUT2D eigenvalue weighted by molar-refractivity contribution is 6.32. The molecule has 0 atom stereocenters. The quantitative estimate of drug-likeness (QED) is 0.887. The van der Waals surface area contributed by atoms with Crippen molar-refractivity contribution < 1.29 is 0 Å². The summed E-state index contributed by atoms with van der Waals surface area (Å²) in [5, 5.41) is 15.1. The van der Waals surface area contributed by atoms with Gasteiger partial charge in [0.1, 0.15) is 5.02 Å². The highest BCUT2D eigenvalue weighted by atomic mass is 35.5. The van der Waals surface area contributed by atoms with Crippen LogP contribution in [0.2, 0.25) is 5.02 Å². The fourth-order valence-corrected chi connectivity index (χ4v) is 1.52.